The van der Waals surface area contributed by atoms with Gasteiger partial charge in [-0.25, -0.2) is 4.98 Å². The van der Waals surface area contributed by atoms with E-state index < -0.39 is 0 Å². The molecule has 1 fully saturated rings. The fraction of sp³-hybridized carbons (Fsp3) is 0.750. The molecule has 3 heteroatoms. The molecule has 0 aliphatic heterocycles. The normalized spacial score (nSPS) is 24.4. The predicted octanol–water partition coefficient (Wildman–Crippen LogP) is 2.14. The van der Waals surface area contributed by atoms with Crippen LogP contribution in [-0.4, -0.2) is 16.1 Å². The Hall–Kier alpha value is -0.830. The summed E-state index contributed by atoms with van der Waals surface area (Å²) in [4.78, 5) is 4.49. The van der Waals surface area contributed by atoms with Crippen molar-refractivity contribution in [3.05, 3.63) is 18.2 Å². The van der Waals surface area contributed by atoms with E-state index in [1.165, 1.54) is 25.0 Å². The highest BCUT2D eigenvalue weighted by Gasteiger charge is 2.38. The Labute approximate surface area is 91.7 Å². The second-order valence-corrected chi connectivity index (χ2v) is 4.57. The maximum atomic E-state index is 5.51. The van der Waals surface area contributed by atoms with Crippen LogP contribution in [0.4, 0.5) is 0 Å². The number of imidazole rings is 1. The predicted molar refractivity (Wildman–Crippen MR) is 61.7 cm³/mol. The van der Waals surface area contributed by atoms with E-state index in [2.05, 4.69) is 22.7 Å². The summed E-state index contributed by atoms with van der Waals surface area (Å²) in [5, 5.41) is 0. The first kappa shape index (κ1) is 10.7. The van der Waals surface area contributed by atoms with Crippen LogP contribution in [0.2, 0.25) is 0 Å². The van der Waals surface area contributed by atoms with Gasteiger partial charge in [-0.3, -0.25) is 0 Å². The molecule has 0 amide bonds. The lowest BCUT2D eigenvalue weighted by atomic mass is 10.1. The Morgan fingerprint density at radius 1 is 1.60 bits per heavy atom. The standard InChI is InChI=1S/C12H21N3/c1-2-6-15-8-12(14-9-15)11-7-10(11)4-3-5-13/h8-11H,2-7,13H2,1H3. The molecule has 1 saturated carbocycles. The third kappa shape index (κ3) is 2.59. The molecule has 2 rings (SSSR count). The van der Waals surface area contributed by atoms with E-state index in [0.717, 1.165) is 31.3 Å². The molecule has 1 aliphatic rings. The molecule has 1 aromatic rings. The molecule has 84 valence electrons. The molecule has 1 heterocycles. The van der Waals surface area contributed by atoms with Gasteiger partial charge in [-0.1, -0.05) is 6.92 Å². The van der Waals surface area contributed by atoms with Crippen LogP contribution in [-0.2, 0) is 6.54 Å². The number of rotatable bonds is 6. The monoisotopic (exact) mass is 207 g/mol. The van der Waals surface area contributed by atoms with Gasteiger partial charge in [0.2, 0.25) is 0 Å². The van der Waals surface area contributed by atoms with Gasteiger partial charge >= 0.3 is 0 Å². The van der Waals surface area contributed by atoms with Crippen molar-refractivity contribution in [1.29, 1.82) is 0 Å². The second kappa shape index (κ2) is 4.79. The number of nitrogens with zero attached hydrogens (tertiary/aromatic N) is 2. The molecule has 2 N–H and O–H groups in total. The fourth-order valence-corrected chi connectivity index (χ4v) is 2.26. The van der Waals surface area contributed by atoms with Gasteiger partial charge in [-0.2, -0.15) is 0 Å². The lowest BCUT2D eigenvalue weighted by molar-refractivity contribution is 0.654. The van der Waals surface area contributed by atoms with E-state index in [1.54, 1.807) is 0 Å². The topological polar surface area (TPSA) is 43.8 Å². The number of nitrogens with two attached hydrogens (primary N) is 1. The van der Waals surface area contributed by atoms with E-state index in [4.69, 9.17) is 5.73 Å². The maximum Gasteiger partial charge on any atom is 0.0949 e. The number of aromatic nitrogens is 2. The Morgan fingerprint density at radius 3 is 3.20 bits per heavy atom. The number of hydrogen-bond acceptors (Lipinski definition) is 2. The van der Waals surface area contributed by atoms with Gasteiger partial charge < -0.3 is 10.3 Å². The molecule has 0 radical (unpaired) electrons. The number of aryl methyl sites for hydroxylation is 1. The van der Waals surface area contributed by atoms with Gasteiger partial charge in [0.25, 0.3) is 0 Å². The van der Waals surface area contributed by atoms with Gasteiger partial charge in [-0.05, 0) is 38.1 Å². The maximum absolute atomic E-state index is 5.51. The largest absolute Gasteiger partial charge is 0.337 e. The summed E-state index contributed by atoms with van der Waals surface area (Å²) in [6.45, 7) is 4.11. The molecule has 15 heavy (non-hydrogen) atoms. The molecule has 1 aliphatic carbocycles. The Kier molecular flexibility index (Phi) is 3.41. The van der Waals surface area contributed by atoms with Crippen LogP contribution in [0.1, 0.15) is 44.2 Å². The highest BCUT2D eigenvalue weighted by molar-refractivity contribution is 5.15. The first-order valence-corrected chi connectivity index (χ1v) is 6.07. The van der Waals surface area contributed by atoms with Crippen LogP contribution in [0.15, 0.2) is 12.5 Å². The van der Waals surface area contributed by atoms with Gasteiger partial charge in [0.1, 0.15) is 0 Å². The molecule has 0 saturated heterocycles. The first-order chi connectivity index (χ1) is 7.35. The van der Waals surface area contributed by atoms with E-state index in [1.807, 2.05) is 6.33 Å². The SMILES string of the molecule is CCCn1cnc(C2CC2CCCN)c1. The third-order valence-corrected chi connectivity index (χ3v) is 3.22. The van der Waals surface area contributed by atoms with Crippen LogP contribution in [0.5, 0.6) is 0 Å². The van der Waals surface area contributed by atoms with E-state index in [9.17, 15) is 0 Å². The van der Waals surface area contributed by atoms with Gasteiger partial charge in [0, 0.05) is 18.7 Å². The molecular formula is C12H21N3. The van der Waals surface area contributed by atoms with Crippen molar-refractivity contribution < 1.29 is 0 Å². The molecular weight excluding hydrogens is 186 g/mol. The minimum absolute atomic E-state index is 0.731. The summed E-state index contributed by atoms with van der Waals surface area (Å²) < 4.78 is 2.20. The Bertz CT molecular complexity index is 306. The van der Waals surface area contributed by atoms with Crippen molar-refractivity contribution in [1.82, 2.24) is 9.55 Å². The summed E-state index contributed by atoms with van der Waals surface area (Å²) >= 11 is 0. The van der Waals surface area contributed by atoms with E-state index >= 15 is 0 Å². The lowest BCUT2D eigenvalue weighted by Crippen LogP contribution is -1.98. The van der Waals surface area contributed by atoms with Crippen molar-refractivity contribution in [3.63, 3.8) is 0 Å². The quantitative estimate of drug-likeness (QED) is 0.776. The molecule has 2 atom stereocenters. The molecule has 0 aromatic carbocycles. The van der Waals surface area contributed by atoms with Gasteiger partial charge in [0.05, 0.1) is 12.0 Å². The zero-order chi connectivity index (χ0) is 10.7. The van der Waals surface area contributed by atoms with E-state index in [-0.39, 0.29) is 0 Å². The molecule has 1 aromatic heterocycles. The van der Waals surface area contributed by atoms with Crippen molar-refractivity contribution in [2.75, 3.05) is 6.54 Å². The Morgan fingerprint density at radius 2 is 2.47 bits per heavy atom. The summed E-state index contributed by atoms with van der Waals surface area (Å²) in [6.07, 6.45) is 9.13. The molecule has 0 bridgehead atoms. The van der Waals surface area contributed by atoms with E-state index in [0.29, 0.717) is 0 Å². The Balaban J connectivity index is 1.84. The van der Waals surface area contributed by atoms with Crippen LogP contribution in [0, 0.1) is 5.92 Å². The summed E-state index contributed by atoms with van der Waals surface area (Å²) in [6, 6.07) is 0. The summed E-state index contributed by atoms with van der Waals surface area (Å²) in [7, 11) is 0. The highest BCUT2D eigenvalue weighted by atomic mass is 15.0. The highest BCUT2D eigenvalue weighted by Crippen LogP contribution is 2.49. The first-order valence-electron chi connectivity index (χ1n) is 6.07. The van der Waals surface area contributed by atoms with Crippen LogP contribution < -0.4 is 5.73 Å². The minimum atomic E-state index is 0.731. The zero-order valence-electron chi connectivity index (χ0n) is 9.52. The molecule has 0 spiro atoms. The van der Waals surface area contributed by atoms with Gasteiger partial charge in [0.15, 0.2) is 0 Å². The number of hydrogen-bond donors (Lipinski definition) is 1. The smallest absolute Gasteiger partial charge is 0.0949 e. The van der Waals surface area contributed by atoms with Crippen molar-refractivity contribution >= 4 is 0 Å². The fourth-order valence-electron chi connectivity index (χ4n) is 2.26. The zero-order valence-corrected chi connectivity index (χ0v) is 9.52. The van der Waals surface area contributed by atoms with Crippen LogP contribution in [0.25, 0.3) is 0 Å². The van der Waals surface area contributed by atoms with Crippen LogP contribution in [0.3, 0.4) is 0 Å². The van der Waals surface area contributed by atoms with Gasteiger partial charge in [-0.15, -0.1) is 0 Å². The third-order valence-electron chi connectivity index (χ3n) is 3.22. The lowest BCUT2D eigenvalue weighted by Gasteiger charge is -1.96. The molecule has 2 unspecified atom stereocenters. The van der Waals surface area contributed by atoms with Crippen LogP contribution >= 0.6 is 0 Å². The summed E-state index contributed by atoms with van der Waals surface area (Å²) in [5.41, 5.74) is 6.81. The second-order valence-electron chi connectivity index (χ2n) is 4.57. The average molecular weight is 207 g/mol. The average Bonchev–Trinajstić information content (AvgIpc) is 2.87. The molecule has 3 nitrogen and oxygen atoms in total. The van der Waals surface area contributed by atoms with Crippen molar-refractivity contribution in [3.8, 4) is 0 Å². The van der Waals surface area contributed by atoms with Crippen molar-refractivity contribution in [2.24, 2.45) is 11.7 Å². The van der Waals surface area contributed by atoms with Crippen molar-refractivity contribution in [2.45, 2.75) is 45.1 Å². The minimum Gasteiger partial charge on any atom is -0.337 e. The summed E-state index contributed by atoms with van der Waals surface area (Å²) in [5.74, 6) is 1.59.